The van der Waals surface area contributed by atoms with E-state index in [9.17, 15) is 19.3 Å². The van der Waals surface area contributed by atoms with E-state index in [-0.39, 0.29) is 22.0 Å². The summed E-state index contributed by atoms with van der Waals surface area (Å²) in [7, 11) is 0. The summed E-state index contributed by atoms with van der Waals surface area (Å²) >= 11 is 5.82. The standard InChI is InChI=1S/C13H8ClFN2O4/c14-10-3-2-8(17(20)21)6-9(10)13(19)16-7-1-4-12(18)11(15)5-7/h1-6,18H,(H,16,19). The minimum atomic E-state index is -0.905. The zero-order chi connectivity index (χ0) is 15.6. The lowest BCUT2D eigenvalue weighted by molar-refractivity contribution is -0.384. The van der Waals surface area contributed by atoms with E-state index in [1.165, 1.54) is 18.2 Å². The van der Waals surface area contributed by atoms with Crippen molar-refractivity contribution in [1.82, 2.24) is 0 Å². The number of hydrogen-bond donors (Lipinski definition) is 2. The summed E-state index contributed by atoms with van der Waals surface area (Å²) in [6.45, 7) is 0. The van der Waals surface area contributed by atoms with Gasteiger partial charge in [-0.15, -0.1) is 0 Å². The summed E-state index contributed by atoms with van der Waals surface area (Å²) in [5.74, 6) is -2.19. The number of nitrogens with one attached hydrogen (secondary N) is 1. The molecule has 0 bridgehead atoms. The molecule has 0 saturated carbocycles. The number of aromatic hydroxyl groups is 1. The fraction of sp³-hybridized carbons (Fsp3) is 0. The van der Waals surface area contributed by atoms with Crippen LogP contribution in [0.3, 0.4) is 0 Å². The molecule has 0 spiro atoms. The van der Waals surface area contributed by atoms with Gasteiger partial charge in [0.05, 0.1) is 15.5 Å². The van der Waals surface area contributed by atoms with Crippen LogP contribution in [0, 0.1) is 15.9 Å². The number of benzene rings is 2. The van der Waals surface area contributed by atoms with Crippen LogP contribution in [0.5, 0.6) is 5.75 Å². The molecule has 0 fully saturated rings. The lowest BCUT2D eigenvalue weighted by Crippen LogP contribution is -2.13. The molecule has 2 aromatic carbocycles. The van der Waals surface area contributed by atoms with Gasteiger partial charge in [-0.1, -0.05) is 11.6 Å². The highest BCUT2D eigenvalue weighted by Crippen LogP contribution is 2.24. The van der Waals surface area contributed by atoms with Crippen molar-refractivity contribution in [2.75, 3.05) is 5.32 Å². The molecule has 2 rings (SSSR count). The van der Waals surface area contributed by atoms with Crippen LogP contribution in [0.1, 0.15) is 10.4 Å². The highest BCUT2D eigenvalue weighted by Gasteiger charge is 2.16. The van der Waals surface area contributed by atoms with Crippen molar-refractivity contribution < 1.29 is 19.2 Å². The molecule has 6 nitrogen and oxygen atoms in total. The van der Waals surface area contributed by atoms with Gasteiger partial charge >= 0.3 is 0 Å². The fourth-order valence-electron chi connectivity index (χ4n) is 1.58. The van der Waals surface area contributed by atoms with Crippen molar-refractivity contribution in [1.29, 1.82) is 0 Å². The van der Waals surface area contributed by atoms with Crippen LogP contribution in [0.25, 0.3) is 0 Å². The molecule has 0 atom stereocenters. The molecule has 108 valence electrons. The maximum absolute atomic E-state index is 13.2. The van der Waals surface area contributed by atoms with Crippen LogP contribution >= 0.6 is 11.6 Å². The minimum absolute atomic E-state index is 0.0253. The molecule has 0 aliphatic carbocycles. The SMILES string of the molecule is O=C(Nc1ccc(O)c(F)c1)c1cc([N+](=O)[O-])ccc1Cl. The molecule has 8 heteroatoms. The number of nitro benzene ring substituents is 1. The summed E-state index contributed by atoms with van der Waals surface area (Å²) in [4.78, 5) is 22.0. The minimum Gasteiger partial charge on any atom is -0.505 e. The molecular formula is C13H8ClFN2O4. The second-order valence-electron chi connectivity index (χ2n) is 4.04. The van der Waals surface area contributed by atoms with Gasteiger partial charge < -0.3 is 10.4 Å². The lowest BCUT2D eigenvalue weighted by atomic mass is 10.2. The number of hydrogen-bond acceptors (Lipinski definition) is 4. The zero-order valence-electron chi connectivity index (χ0n) is 10.3. The summed E-state index contributed by atoms with van der Waals surface area (Å²) in [6, 6.07) is 6.68. The maximum atomic E-state index is 13.2. The number of nitro groups is 1. The van der Waals surface area contributed by atoms with Crippen molar-refractivity contribution in [2.24, 2.45) is 0 Å². The number of amides is 1. The van der Waals surface area contributed by atoms with Gasteiger partial charge in [0.15, 0.2) is 11.6 Å². The van der Waals surface area contributed by atoms with Gasteiger partial charge in [0.1, 0.15) is 0 Å². The van der Waals surface area contributed by atoms with E-state index >= 15 is 0 Å². The fourth-order valence-corrected chi connectivity index (χ4v) is 1.79. The van der Waals surface area contributed by atoms with Crippen LogP contribution in [-0.4, -0.2) is 15.9 Å². The molecule has 2 N–H and O–H groups in total. The first-order chi connectivity index (χ1) is 9.88. The van der Waals surface area contributed by atoms with E-state index in [0.717, 1.165) is 18.2 Å². The Morgan fingerprint density at radius 2 is 2.00 bits per heavy atom. The number of phenolic OH excluding ortho intramolecular Hbond substituents is 1. The Kier molecular flexibility index (Phi) is 4.04. The Morgan fingerprint density at radius 1 is 1.29 bits per heavy atom. The molecule has 0 aromatic heterocycles. The second kappa shape index (κ2) is 5.76. The average molecular weight is 311 g/mol. The van der Waals surface area contributed by atoms with Crippen molar-refractivity contribution in [3.05, 3.63) is 62.9 Å². The predicted octanol–water partition coefficient (Wildman–Crippen LogP) is 3.35. The lowest BCUT2D eigenvalue weighted by Gasteiger charge is -2.07. The number of anilines is 1. The first kappa shape index (κ1) is 14.7. The summed E-state index contributed by atoms with van der Waals surface area (Å²) in [5.41, 5.74) is -0.321. The third-order valence-corrected chi connectivity index (χ3v) is 2.94. The highest BCUT2D eigenvalue weighted by molar-refractivity contribution is 6.34. The predicted molar refractivity (Wildman–Crippen MR) is 74.1 cm³/mol. The molecule has 0 heterocycles. The van der Waals surface area contributed by atoms with Crippen molar-refractivity contribution in [3.63, 3.8) is 0 Å². The molecule has 2 aromatic rings. The first-order valence-corrected chi connectivity index (χ1v) is 6.00. The first-order valence-electron chi connectivity index (χ1n) is 5.62. The normalized spacial score (nSPS) is 10.2. The average Bonchev–Trinajstić information content (AvgIpc) is 2.43. The quantitative estimate of drug-likeness (QED) is 0.516. The molecule has 21 heavy (non-hydrogen) atoms. The zero-order valence-corrected chi connectivity index (χ0v) is 11.1. The van der Waals surface area contributed by atoms with Crippen LogP contribution in [0.4, 0.5) is 15.8 Å². The molecule has 0 saturated heterocycles. The van der Waals surface area contributed by atoms with Crippen LogP contribution in [0.15, 0.2) is 36.4 Å². The van der Waals surface area contributed by atoms with Gasteiger partial charge in [-0.2, -0.15) is 0 Å². The number of non-ortho nitro benzene ring substituents is 1. The highest BCUT2D eigenvalue weighted by atomic mass is 35.5. The molecule has 0 aliphatic rings. The number of halogens is 2. The Labute approximate surface area is 122 Å². The van der Waals surface area contributed by atoms with Gasteiger partial charge in [0.2, 0.25) is 0 Å². The molecule has 1 amide bonds. The van der Waals surface area contributed by atoms with Gasteiger partial charge in [-0.3, -0.25) is 14.9 Å². The monoisotopic (exact) mass is 310 g/mol. The third kappa shape index (κ3) is 3.26. The van der Waals surface area contributed by atoms with Crippen LogP contribution in [0.2, 0.25) is 5.02 Å². The second-order valence-corrected chi connectivity index (χ2v) is 4.45. The van der Waals surface area contributed by atoms with Crippen molar-refractivity contribution in [3.8, 4) is 5.75 Å². The van der Waals surface area contributed by atoms with E-state index in [1.807, 2.05) is 0 Å². The topological polar surface area (TPSA) is 92.5 Å². The Balaban J connectivity index is 2.29. The van der Waals surface area contributed by atoms with E-state index < -0.39 is 22.4 Å². The maximum Gasteiger partial charge on any atom is 0.270 e. The van der Waals surface area contributed by atoms with Crippen molar-refractivity contribution in [2.45, 2.75) is 0 Å². The number of nitrogens with zero attached hydrogens (tertiary/aromatic N) is 1. The smallest absolute Gasteiger partial charge is 0.270 e. The Morgan fingerprint density at radius 3 is 2.62 bits per heavy atom. The van der Waals surface area contributed by atoms with E-state index in [2.05, 4.69) is 5.32 Å². The van der Waals surface area contributed by atoms with Gasteiger partial charge in [0, 0.05) is 23.9 Å². The Bertz CT molecular complexity index is 736. The summed E-state index contributed by atoms with van der Waals surface area (Å²) in [6.07, 6.45) is 0. The molecule has 0 aliphatic heterocycles. The summed E-state index contributed by atoms with van der Waals surface area (Å²) in [5, 5.41) is 22.1. The van der Waals surface area contributed by atoms with Gasteiger partial charge in [-0.05, 0) is 18.2 Å². The van der Waals surface area contributed by atoms with Gasteiger partial charge in [0.25, 0.3) is 11.6 Å². The Hall–Kier alpha value is -2.67. The summed E-state index contributed by atoms with van der Waals surface area (Å²) < 4.78 is 13.2. The number of carbonyl (C=O) groups excluding carboxylic acids is 1. The van der Waals surface area contributed by atoms with E-state index in [1.54, 1.807) is 0 Å². The van der Waals surface area contributed by atoms with E-state index in [0.29, 0.717) is 0 Å². The number of rotatable bonds is 3. The largest absolute Gasteiger partial charge is 0.505 e. The molecular weight excluding hydrogens is 303 g/mol. The molecule has 0 unspecified atom stereocenters. The molecule has 0 radical (unpaired) electrons. The van der Waals surface area contributed by atoms with Crippen molar-refractivity contribution >= 4 is 28.9 Å². The third-order valence-electron chi connectivity index (χ3n) is 2.61. The number of carbonyl (C=O) groups is 1. The van der Waals surface area contributed by atoms with E-state index in [4.69, 9.17) is 16.7 Å². The van der Waals surface area contributed by atoms with Crippen LogP contribution in [-0.2, 0) is 0 Å². The van der Waals surface area contributed by atoms with Crippen LogP contribution < -0.4 is 5.32 Å². The van der Waals surface area contributed by atoms with Gasteiger partial charge in [-0.25, -0.2) is 4.39 Å². The number of phenols is 1.